The highest BCUT2D eigenvalue weighted by molar-refractivity contribution is 6.46. The molecule has 1 N–H and O–H groups in total. The molecule has 1 saturated heterocycles. The van der Waals surface area contributed by atoms with Crippen molar-refractivity contribution >= 4 is 29.1 Å². The first-order valence-corrected chi connectivity index (χ1v) is 10.4. The number of benzene rings is 2. The van der Waals surface area contributed by atoms with Gasteiger partial charge in [-0.15, -0.1) is 0 Å². The number of carbonyl (C=O) groups excluding carboxylic acids is 2. The largest absolute Gasteiger partial charge is 0.507 e. The lowest BCUT2D eigenvalue weighted by Crippen LogP contribution is -2.31. The Kier molecular flexibility index (Phi) is 5.91. The van der Waals surface area contributed by atoms with E-state index in [9.17, 15) is 14.7 Å². The van der Waals surface area contributed by atoms with E-state index in [0.717, 1.165) is 11.1 Å². The van der Waals surface area contributed by atoms with Gasteiger partial charge in [0.1, 0.15) is 5.76 Å². The van der Waals surface area contributed by atoms with Crippen molar-refractivity contribution in [2.45, 2.75) is 25.9 Å². The van der Waals surface area contributed by atoms with Crippen molar-refractivity contribution in [3.8, 4) is 0 Å². The number of likely N-dealkylation sites (tertiary alicyclic amines) is 1. The van der Waals surface area contributed by atoms with Gasteiger partial charge in [-0.05, 0) is 31.0 Å². The molecule has 1 aliphatic rings. The van der Waals surface area contributed by atoms with Crippen LogP contribution in [0.15, 0.2) is 72.8 Å². The Labute approximate surface area is 185 Å². The lowest BCUT2D eigenvalue weighted by atomic mass is 9.95. The molecule has 158 valence electrons. The van der Waals surface area contributed by atoms with Gasteiger partial charge >= 0.3 is 0 Å². The van der Waals surface area contributed by atoms with E-state index < -0.39 is 17.7 Å². The molecule has 3 aromatic rings. The second-order valence-electron chi connectivity index (χ2n) is 7.56. The van der Waals surface area contributed by atoms with Crippen molar-refractivity contribution < 1.29 is 14.7 Å². The second-order valence-corrected chi connectivity index (χ2v) is 8.00. The molecular formula is C24H22ClN3O3. The van der Waals surface area contributed by atoms with Gasteiger partial charge in [-0.1, -0.05) is 53.6 Å². The van der Waals surface area contributed by atoms with Gasteiger partial charge in [-0.3, -0.25) is 9.59 Å². The zero-order chi connectivity index (χ0) is 22.0. The van der Waals surface area contributed by atoms with Crippen molar-refractivity contribution in [1.82, 2.24) is 14.5 Å². The molecule has 1 atom stereocenters. The van der Waals surface area contributed by atoms with E-state index in [0.29, 0.717) is 30.1 Å². The van der Waals surface area contributed by atoms with Gasteiger partial charge in [0.25, 0.3) is 11.7 Å². The predicted molar refractivity (Wildman–Crippen MR) is 118 cm³/mol. The fraction of sp³-hybridized carbons (Fsp3) is 0.208. The van der Waals surface area contributed by atoms with Crippen LogP contribution in [-0.2, 0) is 16.1 Å². The summed E-state index contributed by atoms with van der Waals surface area (Å²) in [6, 6.07) is 13.5. The minimum Gasteiger partial charge on any atom is -0.507 e. The number of carbonyl (C=O) groups is 2. The van der Waals surface area contributed by atoms with Crippen LogP contribution in [0.3, 0.4) is 0 Å². The summed E-state index contributed by atoms with van der Waals surface area (Å²) in [5, 5.41) is 11.6. The Balaban J connectivity index is 1.72. The number of hydrogen-bond donors (Lipinski definition) is 1. The van der Waals surface area contributed by atoms with Crippen LogP contribution < -0.4 is 0 Å². The van der Waals surface area contributed by atoms with Crippen molar-refractivity contribution in [2.75, 3.05) is 6.54 Å². The average molecular weight is 436 g/mol. The lowest BCUT2D eigenvalue weighted by Gasteiger charge is -2.25. The zero-order valence-electron chi connectivity index (χ0n) is 17.0. The Morgan fingerprint density at radius 3 is 2.42 bits per heavy atom. The standard InChI is InChI=1S/C24H22ClN3O3/c1-16-3-5-18(6-4-16)22(29)20-21(17-7-9-19(25)10-8-17)28(24(31)23(20)30)13-2-12-27-14-11-26-15-27/h3-11,14-15,21,29H,2,12-13H2,1H3/b22-20+/t21-/m1/s1. The maximum absolute atomic E-state index is 13.0. The number of aryl methyl sites for hydroxylation is 2. The number of aliphatic hydroxyl groups excluding tert-OH is 1. The Morgan fingerprint density at radius 1 is 1.06 bits per heavy atom. The highest BCUT2D eigenvalue weighted by Gasteiger charge is 2.45. The van der Waals surface area contributed by atoms with Gasteiger partial charge in [0, 0.05) is 36.1 Å². The molecule has 0 aliphatic carbocycles. The summed E-state index contributed by atoms with van der Waals surface area (Å²) < 4.78 is 1.92. The van der Waals surface area contributed by atoms with Crippen LogP contribution in [0.25, 0.3) is 5.76 Å². The van der Waals surface area contributed by atoms with E-state index in [4.69, 9.17) is 11.6 Å². The third kappa shape index (κ3) is 4.25. The van der Waals surface area contributed by atoms with Crippen LogP contribution in [0.4, 0.5) is 0 Å². The van der Waals surface area contributed by atoms with Crippen LogP contribution in [-0.4, -0.2) is 37.8 Å². The summed E-state index contributed by atoms with van der Waals surface area (Å²) in [7, 11) is 0. The van der Waals surface area contributed by atoms with Crippen LogP contribution in [0.1, 0.15) is 29.2 Å². The molecule has 1 aliphatic heterocycles. The minimum atomic E-state index is -0.680. The van der Waals surface area contributed by atoms with Gasteiger partial charge in [0.2, 0.25) is 0 Å². The summed E-state index contributed by atoms with van der Waals surface area (Å²) in [5.74, 6) is -1.46. The van der Waals surface area contributed by atoms with Crippen molar-refractivity contribution in [1.29, 1.82) is 0 Å². The molecule has 31 heavy (non-hydrogen) atoms. The predicted octanol–water partition coefficient (Wildman–Crippen LogP) is 4.36. The first kappa shape index (κ1) is 20.9. The van der Waals surface area contributed by atoms with Crippen LogP contribution in [0.2, 0.25) is 5.02 Å². The minimum absolute atomic E-state index is 0.0961. The van der Waals surface area contributed by atoms with E-state index in [1.807, 2.05) is 29.8 Å². The first-order valence-electron chi connectivity index (χ1n) is 10.0. The van der Waals surface area contributed by atoms with E-state index in [-0.39, 0.29) is 11.3 Å². The summed E-state index contributed by atoms with van der Waals surface area (Å²) in [5.41, 5.74) is 2.35. The van der Waals surface area contributed by atoms with E-state index in [1.165, 1.54) is 4.90 Å². The molecule has 1 aromatic heterocycles. The zero-order valence-corrected chi connectivity index (χ0v) is 17.8. The maximum Gasteiger partial charge on any atom is 0.295 e. The van der Waals surface area contributed by atoms with E-state index in [2.05, 4.69) is 4.98 Å². The number of rotatable bonds is 6. The molecule has 1 fully saturated rings. The quantitative estimate of drug-likeness (QED) is 0.354. The SMILES string of the molecule is Cc1ccc(/C(O)=C2\C(=O)C(=O)N(CCCn3ccnc3)[C@@H]2c2ccc(Cl)cc2)cc1. The van der Waals surface area contributed by atoms with Gasteiger partial charge in [0.15, 0.2) is 0 Å². The second kappa shape index (κ2) is 8.78. The molecule has 7 heteroatoms. The Hall–Kier alpha value is -3.38. The van der Waals surface area contributed by atoms with Gasteiger partial charge < -0.3 is 14.6 Å². The molecule has 6 nitrogen and oxygen atoms in total. The average Bonchev–Trinajstić information content (AvgIpc) is 3.37. The molecule has 4 rings (SSSR count). The number of hydrogen-bond acceptors (Lipinski definition) is 4. The van der Waals surface area contributed by atoms with Crippen molar-refractivity contribution in [3.05, 3.63) is 94.5 Å². The third-order valence-corrected chi connectivity index (χ3v) is 5.68. The Bertz CT molecular complexity index is 1120. The lowest BCUT2D eigenvalue weighted by molar-refractivity contribution is -0.139. The maximum atomic E-state index is 13.0. The Morgan fingerprint density at radius 2 is 1.77 bits per heavy atom. The number of ketones is 1. The molecule has 0 radical (unpaired) electrons. The number of Topliss-reactive ketones (excluding diaryl/α,β-unsaturated/α-hetero) is 1. The normalized spacial score (nSPS) is 18.0. The number of aromatic nitrogens is 2. The van der Waals surface area contributed by atoms with Gasteiger partial charge in [-0.2, -0.15) is 0 Å². The molecule has 2 heterocycles. The fourth-order valence-electron chi connectivity index (χ4n) is 3.81. The topological polar surface area (TPSA) is 75.4 Å². The van der Waals surface area contributed by atoms with E-state index in [1.54, 1.807) is 48.9 Å². The van der Waals surface area contributed by atoms with Crippen molar-refractivity contribution in [3.63, 3.8) is 0 Å². The molecule has 2 aromatic carbocycles. The molecule has 0 bridgehead atoms. The summed E-state index contributed by atoms with van der Waals surface area (Å²) >= 11 is 6.04. The molecular weight excluding hydrogens is 414 g/mol. The van der Waals surface area contributed by atoms with E-state index >= 15 is 0 Å². The summed E-state index contributed by atoms with van der Waals surface area (Å²) in [4.78, 5) is 31.5. The first-order chi connectivity index (χ1) is 15.0. The molecule has 0 spiro atoms. The smallest absolute Gasteiger partial charge is 0.295 e. The molecule has 0 unspecified atom stereocenters. The van der Waals surface area contributed by atoms with Gasteiger partial charge in [-0.25, -0.2) is 4.98 Å². The van der Waals surface area contributed by atoms with Crippen LogP contribution in [0.5, 0.6) is 0 Å². The highest BCUT2D eigenvalue weighted by atomic mass is 35.5. The fourth-order valence-corrected chi connectivity index (χ4v) is 3.94. The summed E-state index contributed by atoms with van der Waals surface area (Å²) in [6.45, 7) is 2.96. The summed E-state index contributed by atoms with van der Waals surface area (Å²) in [6.07, 6.45) is 5.89. The number of amides is 1. The van der Waals surface area contributed by atoms with Crippen LogP contribution >= 0.6 is 11.6 Å². The van der Waals surface area contributed by atoms with Gasteiger partial charge in [0.05, 0.1) is 17.9 Å². The number of nitrogens with zero attached hydrogens (tertiary/aromatic N) is 3. The van der Waals surface area contributed by atoms with Crippen LogP contribution in [0, 0.1) is 6.92 Å². The third-order valence-electron chi connectivity index (χ3n) is 5.43. The van der Waals surface area contributed by atoms with Crippen molar-refractivity contribution in [2.24, 2.45) is 0 Å². The monoisotopic (exact) mass is 435 g/mol. The molecule has 0 saturated carbocycles. The number of aliphatic hydroxyl groups is 1. The number of imidazole rings is 1. The molecule has 1 amide bonds. The number of halogens is 1. The highest BCUT2D eigenvalue weighted by Crippen LogP contribution is 2.39.